The molecule has 1 unspecified atom stereocenters. The summed E-state index contributed by atoms with van der Waals surface area (Å²) in [5.41, 5.74) is 1.79. The Morgan fingerprint density at radius 3 is 1.84 bits per heavy atom. The largest absolute Gasteiger partial charge is 0.491 e. The second-order valence-electron chi connectivity index (χ2n) is 7.35. The van der Waals surface area contributed by atoms with Gasteiger partial charge in [-0.2, -0.15) is 0 Å². The molecule has 0 saturated heterocycles. The Morgan fingerprint density at radius 2 is 1.47 bits per heavy atom. The molecule has 0 aliphatic rings. The zero-order valence-electron chi connectivity index (χ0n) is 13.7. The molecule has 0 saturated carbocycles. The van der Waals surface area contributed by atoms with Gasteiger partial charge < -0.3 is 4.74 Å². The van der Waals surface area contributed by atoms with Crippen molar-refractivity contribution in [2.24, 2.45) is 11.3 Å². The maximum Gasteiger partial charge on any atom is 0.119 e. The minimum absolute atomic E-state index is 0.237. The van der Waals surface area contributed by atoms with E-state index in [4.69, 9.17) is 4.74 Å². The molecule has 1 nitrogen and oxygen atoms in total. The van der Waals surface area contributed by atoms with Crippen LogP contribution in [0.3, 0.4) is 0 Å². The van der Waals surface area contributed by atoms with Crippen molar-refractivity contribution in [3.8, 4) is 5.75 Å². The molecule has 19 heavy (non-hydrogen) atoms. The van der Waals surface area contributed by atoms with Gasteiger partial charge in [-0.15, -0.1) is 0 Å². The molecule has 0 N–H and O–H groups in total. The highest BCUT2D eigenvalue weighted by atomic mass is 16.5. The first-order chi connectivity index (χ1) is 8.69. The Balaban J connectivity index is 2.86. The fraction of sp³-hybridized carbons (Fsp3) is 0.667. The van der Waals surface area contributed by atoms with Gasteiger partial charge in [-0.05, 0) is 55.2 Å². The van der Waals surface area contributed by atoms with Crippen LogP contribution >= 0.6 is 0 Å². The van der Waals surface area contributed by atoms with Crippen molar-refractivity contribution in [1.82, 2.24) is 0 Å². The zero-order chi connectivity index (χ0) is 14.6. The van der Waals surface area contributed by atoms with Crippen LogP contribution in [0.2, 0.25) is 0 Å². The first-order valence-corrected chi connectivity index (χ1v) is 7.45. The van der Waals surface area contributed by atoms with Crippen molar-refractivity contribution in [2.45, 2.75) is 66.9 Å². The highest BCUT2D eigenvalue weighted by molar-refractivity contribution is 5.30. The fourth-order valence-corrected chi connectivity index (χ4v) is 2.46. The van der Waals surface area contributed by atoms with Crippen LogP contribution in [0.25, 0.3) is 0 Å². The predicted octanol–water partition coefficient (Wildman–Crippen LogP) is 5.65. The van der Waals surface area contributed by atoms with Crippen molar-refractivity contribution >= 4 is 0 Å². The molecule has 0 aromatic heterocycles. The Labute approximate surface area is 119 Å². The second kappa shape index (κ2) is 6.45. The quantitative estimate of drug-likeness (QED) is 0.666. The number of rotatable bonds is 5. The molecule has 0 spiro atoms. The number of ether oxygens (including phenoxy) is 1. The van der Waals surface area contributed by atoms with Crippen LogP contribution in [0.1, 0.15) is 66.4 Å². The third-order valence-electron chi connectivity index (χ3n) is 3.32. The molecule has 0 aliphatic heterocycles. The second-order valence-corrected chi connectivity index (χ2v) is 7.35. The van der Waals surface area contributed by atoms with E-state index in [2.05, 4.69) is 72.7 Å². The van der Waals surface area contributed by atoms with E-state index in [1.807, 2.05) is 0 Å². The van der Waals surface area contributed by atoms with E-state index in [0.717, 1.165) is 5.75 Å². The Morgan fingerprint density at radius 1 is 0.947 bits per heavy atom. The van der Waals surface area contributed by atoms with Crippen LogP contribution in [0.4, 0.5) is 0 Å². The maximum atomic E-state index is 5.71. The minimum atomic E-state index is 0.237. The molecule has 1 heteroatoms. The average molecular weight is 262 g/mol. The van der Waals surface area contributed by atoms with E-state index in [9.17, 15) is 0 Å². The summed E-state index contributed by atoms with van der Waals surface area (Å²) in [6.45, 7) is 15.7. The Bertz CT molecular complexity index is 368. The molecule has 0 fully saturated rings. The highest BCUT2D eigenvalue weighted by Gasteiger charge is 2.22. The van der Waals surface area contributed by atoms with Crippen LogP contribution in [0.5, 0.6) is 5.75 Å². The van der Waals surface area contributed by atoms with Gasteiger partial charge in [-0.1, -0.05) is 46.8 Å². The standard InChI is InChI=1S/C18H30O/c1-13(2)17(12-18(5,6)7)15-8-10-16(11-9-15)19-14(3)4/h8-11,13-14,17H,12H2,1-7H3. The lowest BCUT2D eigenvalue weighted by molar-refractivity contribution is 0.242. The first kappa shape index (κ1) is 16.1. The molecule has 0 radical (unpaired) electrons. The number of hydrogen-bond acceptors (Lipinski definition) is 1. The lowest BCUT2D eigenvalue weighted by Gasteiger charge is -2.29. The van der Waals surface area contributed by atoms with Crippen LogP contribution < -0.4 is 4.74 Å². The molecule has 0 aliphatic carbocycles. The summed E-state index contributed by atoms with van der Waals surface area (Å²) >= 11 is 0. The summed E-state index contributed by atoms with van der Waals surface area (Å²) in [4.78, 5) is 0. The van der Waals surface area contributed by atoms with Crippen molar-refractivity contribution in [3.05, 3.63) is 29.8 Å². The van der Waals surface area contributed by atoms with E-state index in [0.29, 0.717) is 17.3 Å². The van der Waals surface area contributed by atoms with Gasteiger partial charge >= 0.3 is 0 Å². The van der Waals surface area contributed by atoms with Gasteiger partial charge in [0.1, 0.15) is 5.75 Å². The average Bonchev–Trinajstić information content (AvgIpc) is 2.25. The smallest absolute Gasteiger partial charge is 0.119 e. The van der Waals surface area contributed by atoms with E-state index in [1.54, 1.807) is 0 Å². The molecule has 0 heterocycles. The van der Waals surface area contributed by atoms with Gasteiger partial charge in [0.05, 0.1) is 6.10 Å². The van der Waals surface area contributed by atoms with Crippen molar-refractivity contribution < 1.29 is 4.74 Å². The van der Waals surface area contributed by atoms with Crippen LogP contribution in [-0.4, -0.2) is 6.10 Å². The third-order valence-corrected chi connectivity index (χ3v) is 3.32. The molecule has 0 amide bonds. The van der Waals surface area contributed by atoms with Crippen molar-refractivity contribution in [2.75, 3.05) is 0 Å². The topological polar surface area (TPSA) is 9.23 Å². The normalized spacial score (nSPS) is 13.9. The lowest BCUT2D eigenvalue weighted by atomic mass is 9.76. The zero-order valence-corrected chi connectivity index (χ0v) is 13.7. The van der Waals surface area contributed by atoms with Gasteiger partial charge in [0, 0.05) is 0 Å². The molecule has 108 valence electrons. The molecule has 0 bridgehead atoms. The van der Waals surface area contributed by atoms with Gasteiger partial charge in [0.25, 0.3) is 0 Å². The summed E-state index contributed by atoms with van der Waals surface area (Å²) in [6.07, 6.45) is 1.45. The van der Waals surface area contributed by atoms with Crippen molar-refractivity contribution in [3.63, 3.8) is 0 Å². The minimum Gasteiger partial charge on any atom is -0.491 e. The molecule has 1 atom stereocenters. The molecular formula is C18H30O. The Kier molecular flexibility index (Phi) is 5.46. The lowest BCUT2D eigenvalue weighted by Crippen LogP contribution is -2.16. The van der Waals surface area contributed by atoms with Gasteiger partial charge in [-0.25, -0.2) is 0 Å². The predicted molar refractivity (Wildman–Crippen MR) is 83.9 cm³/mol. The Hall–Kier alpha value is -0.980. The highest BCUT2D eigenvalue weighted by Crippen LogP contribution is 2.36. The van der Waals surface area contributed by atoms with E-state index >= 15 is 0 Å². The third kappa shape index (κ3) is 5.67. The molecule has 1 rings (SSSR count). The van der Waals surface area contributed by atoms with E-state index in [1.165, 1.54) is 12.0 Å². The van der Waals surface area contributed by atoms with Gasteiger partial charge in [-0.3, -0.25) is 0 Å². The summed E-state index contributed by atoms with van der Waals surface area (Å²) < 4.78 is 5.71. The van der Waals surface area contributed by atoms with Crippen LogP contribution in [0.15, 0.2) is 24.3 Å². The molecular weight excluding hydrogens is 232 g/mol. The molecule has 1 aromatic rings. The summed E-state index contributed by atoms with van der Waals surface area (Å²) in [6, 6.07) is 8.67. The fourth-order valence-electron chi connectivity index (χ4n) is 2.46. The monoisotopic (exact) mass is 262 g/mol. The van der Waals surface area contributed by atoms with Crippen LogP contribution in [-0.2, 0) is 0 Å². The van der Waals surface area contributed by atoms with Crippen molar-refractivity contribution in [1.29, 1.82) is 0 Å². The van der Waals surface area contributed by atoms with Gasteiger partial charge in [0.2, 0.25) is 0 Å². The van der Waals surface area contributed by atoms with E-state index in [-0.39, 0.29) is 6.10 Å². The summed E-state index contributed by atoms with van der Waals surface area (Å²) in [7, 11) is 0. The molecule has 1 aromatic carbocycles. The SMILES string of the molecule is CC(C)Oc1ccc(C(CC(C)(C)C)C(C)C)cc1. The summed E-state index contributed by atoms with van der Waals surface area (Å²) in [5, 5.41) is 0. The first-order valence-electron chi connectivity index (χ1n) is 7.45. The van der Waals surface area contributed by atoms with E-state index < -0.39 is 0 Å². The number of benzene rings is 1. The summed E-state index contributed by atoms with van der Waals surface area (Å²) in [5.74, 6) is 2.25. The number of hydrogen-bond donors (Lipinski definition) is 0. The van der Waals surface area contributed by atoms with Crippen LogP contribution in [0, 0.1) is 11.3 Å². The van der Waals surface area contributed by atoms with Gasteiger partial charge in [0.15, 0.2) is 0 Å². The maximum absolute atomic E-state index is 5.71.